The van der Waals surface area contributed by atoms with Crippen molar-refractivity contribution >= 4 is 21.5 Å². The van der Waals surface area contributed by atoms with E-state index in [-0.39, 0.29) is 5.69 Å². The summed E-state index contributed by atoms with van der Waals surface area (Å²) in [5, 5.41) is 0. The van der Waals surface area contributed by atoms with Gasteiger partial charge in [-0.05, 0) is 32.0 Å². The second-order valence-electron chi connectivity index (χ2n) is 4.48. The third kappa shape index (κ3) is 5.85. The minimum atomic E-state index is -4.48. The predicted molar refractivity (Wildman–Crippen MR) is 71.2 cm³/mol. The Hall–Kier alpha value is -1.31. The first kappa shape index (κ1) is 16.7. The fourth-order valence-electron chi connectivity index (χ4n) is 0.795. The van der Waals surface area contributed by atoms with E-state index in [4.69, 9.17) is 11.5 Å². The second-order valence-corrected chi connectivity index (χ2v) is 5.83. The van der Waals surface area contributed by atoms with Gasteiger partial charge < -0.3 is 20.9 Å². The first-order valence-electron chi connectivity index (χ1n) is 5.46. The lowest BCUT2D eigenvalue weighted by Crippen LogP contribution is -3.09. The number of nitrogen functional groups attached to an aromatic ring is 2. The molecule has 104 valence electrons. The fraction of sp³-hybridized carbons (Fsp3) is 0.455. The molecule has 1 aromatic rings. The van der Waals surface area contributed by atoms with Crippen molar-refractivity contribution in [1.82, 2.24) is 0 Å². The molecule has 0 spiro atoms. The molecule has 0 atom stereocenters. The van der Waals surface area contributed by atoms with Crippen molar-refractivity contribution in [1.29, 1.82) is 0 Å². The van der Waals surface area contributed by atoms with Gasteiger partial charge in [-0.15, -0.1) is 0 Å². The smallest absolute Gasteiger partial charge is 0.126 e. The van der Waals surface area contributed by atoms with Crippen LogP contribution in [-0.2, 0) is 10.1 Å². The van der Waals surface area contributed by atoms with Crippen LogP contribution in [0.25, 0.3) is 0 Å². The van der Waals surface area contributed by atoms with Crippen molar-refractivity contribution in [3.63, 3.8) is 0 Å². The SMILES string of the molecule is CC(C)[NH+](C)C.Nc1ccc(S(=O)(=O)[O-])c(N)c1. The zero-order valence-electron chi connectivity index (χ0n) is 11.1. The first-order chi connectivity index (χ1) is 8.05. The summed E-state index contributed by atoms with van der Waals surface area (Å²) in [5.41, 5.74) is 10.7. The van der Waals surface area contributed by atoms with Gasteiger partial charge in [0.15, 0.2) is 0 Å². The Labute approximate surface area is 108 Å². The highest BCUT2D eigenvalue weighted by molar-refractivity contribution is 7.86. The molecule has 0 amide bonds. The van der Waals surface area contributed by atoms with Crippen LogP contribution in [0.1, 0.15) is 13.8 Å². The van der Waals surface area contributed by atoms with E-state index >= 15 is 0 Å². The summed E-state index contributed by atoms with van der Waals surface area (Å²) >= 11 is 0. The maximum atomic E-state index is 10.5. The van der Waals surface area contributed by atoms with Gasteiger partial charge in [0.25, 0.3) is 0 Å². The fourth-order valence-corrected chi connectivity index (χ4v) is 1.38. The van der Waals surface area contributed by atoms with Crippen LogP contribution in [-0.4, -0.2) is 33.1 Å². The zero-order chi connectivity index (χ0) is 14.5. The second kappa shape index (κ2) is 6.58. The van der Waals surface area contributed by atoms with Crippen LogP contribution in [0.5, 0.6) is 0 Å². The molecule has 0 fully saturated rings. The zero-order valence-corrected chi connectivity index (χ0v) is 11.9. The van der Waals surface area contributed by atoms with Crippen molar-refractivity contribution < 1.29 is 17.9 Å². The Morgan fingerprint density at radius 2 is 1.67 bits per heavy atom. The third-order valence-electron chi connectivity index (χ3n) is 2.46. The molecule has 0 aliphatic carbocycles. The maximum absolute atomic E-state index is 10.5. The first-order valence-corrected chi connectivity index (χ1v) is 6.87. The molecule has 0 bridgehead atoms. The molecule has 5 N–H and O–H groups in total. The topological polar surface area (TPSA) is 114 Å². The van der Waals surface area contributed by atoms with E-state index in [0.29, 0.717) is 5.69 Å². The van der Waals surface area contributed by atoms with Gasteiger partial charge >= 0.3 is 0 Å². The van der Waals surface area contributed by atoms with Crippen LogP contribution in [0.4, 0.5) is 11.4 Å². The largest absolute Gasteiger partial charge is 0.744 e. The maximum Gasteiger partial charge on any atom is 0.126 e. The van der Waals surface area contributed by atoms with Crippen molar-refractivity contribution in [2.75, 3.05) is 25.6 Å². The Morgan fingerprint density at radius 1 is 1.22 bits per heavy atom. The van der Waals surface area contributed by atoms with Crippen molar-refractivity contribution in [3.05, 3.63) is 18.2 Å². The van der Waals surface area contributed by atoms with Gasteiger partial charge in [-0.25, -0.2) is 8.42 Å². The van der Waals surface area contributed by atoms with E-state index in [0.717, 1.165) is 12.1 Å². The van der Waals surface area contributed by atoms with E-state index < -0.39 is 15.0 Å². The molecule has 0 saturated carbocycles. The quantitative estimate of drug-likeness (QED) is 0.487. The third-order valence-corrected chi connectivity index (χ3v) is 3.37. The van der Waals surface area contributed by atoms with E-state index in [1.54, 1.807) is 0 Å². The number of quaternary nitrogens is 1. The molecule has 0 saturated heterocycles. The van der Waals surface area contributed by atoms with Gasteiger partial charge in [0.05, 0.1) is 30.7 Å². The molecule has 18 heavy (non-hydrogen) atoms. The summed E-state index contributed by atoms with van der Waals surface area (Å²) in [5.74, 6) is 0. The van der Waals surface area contributed by atoms with Crippen LogP contribution in [0.15, 0.2) is 23.1 Å². The Balaban J connectivity index is 0.000000411. The molecule has 6 nitrogen and oxygen atoms in total. The molecule has 0 radical (unpaired) electrons. The highest BCUT2D eigenvalue weighted by atomic mass is 32.2. The van der Waals surface area contributed by atoms with Crippen LogP contribution >= 0.6 is 0 Å². The van der Waals surface area contributed by atoms with E-state index in [1.807, 2.05) is 0 Å². The molecule has 1 rings (SSSR count). The summed E-state index contributed by atoms with van der Waals surface area (Å²) < 4.78 is 31.5. The molecule has 0 unspecified atom stereocenters. The minimum absolute atomic E-state index is 0.120. The molecule has 1 aromatic carbocycles. The molecule has 0 heterocycles. The molecular formula is C11H21N3O3S. The average molecular weight is 275 g/mol. The lowest BCUT2D eigenvalue weighted by Gasteiger charge is -2.09. The van der Waals surface area contributed by atoms with Crippen LogP contribution in [0.2, 0.25) is 0 Å². The molecule has 7 heteroatoms. The van der Waals surface area contributed by atoms with E-state index in [9.17, 15) is 13.0 Å². The summed E-state index contributed by atoms with van der Waals surface area (Å²) in [6, 6.07) is 4.39. The van der Waals surface area contributed by atoms with Crippen molar-refractivity contribution in [2.45, 2.75) is 24.8 Å². The lowest BCUT2D eigenvalue weighted by atomic mass is 10.3. The number of anilines is 2. The van der Waals surface area contributed by atoms with Crippen LogP contribution in [0, 0.1) is 0 Å². The number of benzene rings is 1. The minimum Gasteiger partial charge on any atom is -0.744 e. The summed E-state index contributed by atoms with van der Waals surface area (Å²) in [7, 11) is -0.166. The number of nitrogens with two attached hydrogens (primary N) is 2. The molecule has 0 aliphatic heterocycles. The number of hydrogen-bond acceptors (Lipinski definition) is 5. The Morgan fingerprint density at radius 3 is 1.94 bits per heavy atom. The average Bonchev–Trinajstić information content (AvgIpc) is 2.15. The summed E-state index contributed by atoms with van der Waals surface area (Å²) in [4.78, 5) is 1.08. The van der Waals surface area contributed by atoms with Gasteiger partial charge in [-0.2, -0.15) is 0 Å². The Kier molecular flexibility index (Phi) is 6.10. The highest BCUT2D eigenvalue weighted by Gasteiger charge is 2.05. The van der Waals surface area contributed by atoms with Gasteiger partial charge in [-0.3, -0.25) is 0 Å². The Bertz CT molecular complexity index is 478. The van der Waals surface area contributed by atoms with Crippen molar-refractivity contribution in [3.8, 4) is 0 Å². The normalized spacial score (nSPS) is 11.3. The number of hydrogen-bond donors (Lipinski definition) is 3. The van der Waals surface area contributed by atoms with Crippen molar-refractivity contribution in [2.24, 2.45) is 0 Å². The molecular weight excluding hydrogens is 254 g/mol. The monoisotopic (exact) mass is 275 g/mol. The highest BCUT2D eigenvalue weighted by Crippen LogP contribution is 2.19. The van der Waals surface area contributed by atoms with E-state index in [2.05, 4.69) is 27.9 Å². The van der Waals surface area contributed by atoms with Crippen LogP contribution in [0.3, 0.4) is 0 Å². The summed E-state index contributed by atoms with van der Waals surface area (Å²) in [6.45, 7) is 4.41. The van der Waals surface area contributed by atoms with Gasteiger partial charge in [-0.1, -0.05) is 0 Å². The standard InChI is InChI=1S/C6H8N2O3S.C5H13N/c7-4-1-2-6(5(8)3-4)12(9,10)11;1-5(2)6(3)4/h1-3H,7-8H2,(H,9,10,11);5H,1-4H3. The molecule has 0 aromatic heterocycles. The number of rotatable bonds is 2. The van der Waals surface area contributed by atoms with Crippen LogP contribution < -0.4 is 16.4 Å². The predicted octanol–water partition coefficient (Wildman–Crippen LogP) is -0.706. The lowest BCUT2D eigenvalue weighted by molar-refractivity contribution is -0.881. The van der Waals surface area contributed by atoms with Gasteiger partial charge in [0.1, 0.15) is 10.1 Å². The van der Waals surface area contributed by atoms with Gasteiger partial charge in [0, 0.05) is 5.69 Å². The molecule has 0 aliphatic rings. The van der Waals surface area contributed by atoms with E-state index in [1.165, 1.54) is 17.0 Å². The number of nitrogens with one attached hydrogen (secondary N) is 1. The summed E-state index contributed by atoms with van der Waals surface area (Å²) in [6.07, 6.45) is 0. The van der Waals surface area contributed by atoms with Gasteiger partial charge in [0.2, 0.25) is 0 Å².